The zero-order valence-electron chi connectivity index (χ0n) is 21.3. The third-order valence-corrected chi connectivity index (χ3v) is 7.36. The van der Waals surface area contributed by atoms with E-state index in [9.17, 15) is 15.0 Å². The Kier molecular flexibility index (Phi) is 6.88. The highest BCUT2D eigenvalue weighted by molar-refractivity contribution is 6.03. The van der Waals surface area contributed by atoms with E-state index in [1.165, 1.54) is 28.3 Å². The van der Waals surface area contributed by atoms with Crippen molar-refractivity contribution in [3.05, 3.63) is 131 Å². The van der Waals surface area contributed by atoms with Crippen LogP contribution in [0.5, 0.6) is 5.75 Å². The largest absolute Gasteiger partial charge is 0.506 e. The molecule has 4 aromatic carbocycles. The van der Waals surface area contributed by atoms with Gasteiger partial charge in [-0.05, 0) is 63.6 Å². The van der Waals surface area contributed by atoms with Crippen molar-refractivity contribution in [3.8, 4) is 16.9 Å². The van der Waals surface area contributed by atoms with Gasteiger partial charge in [0.1, 0.15) is 5.75 Å². The lowest BCUT2D eigenvalue weighted by Gasteiger charge is -2.30. The highest BCUT2D eigenvalue weighted by Gasteiger charge is 2.32. The molecular formula is C33H29NO5. The third kappa shape index (κ3) is 5.17. The average Bonchev–Trinajstić information content (AvgIpc) is 3.36. The number of phenols is 1. The summed E-state index contributed by atoms with van der Waals surface area (Å²) in [6.07, 6.45) is 2.61. The second-order valence-corrected chi connectivity index (χ2v) is 9.88. The first-order chi connectivity index (χ1) is 19.1. The molecule has 0 unspecified atom stereocenters. The third-order valence-electron chi connectivity index (χ3n) is 7.36. The second kappa shape index (κ2) is 10.8. The Balaban J connectivity index is 1.29. The molecule has 2 atom stereocenters. The van der Waals surface area contributed by atoms with Crippen LogP contribution in [0.1, 0.15) is 40.2 Å². The van der Waals surface area contributed by atoms with Gasteiger partial charge in [-0.3, -0.25) is 4.79 Å². The predicted octanol–water partition coefficient (Wildman–Crippen LogP) is 6.03. The van der Waals surface area contributed by atoms with Gasteiger partial charge in [-0.2, -0.15) is 0 Å². The number of phenolic OH excluding ortho intramolecular Hbond substituents is 1. The highest BCUT2D eigenvalue weighted by atomic mass is 16.7. The SMILES string of the molecule is O=C(Nc1ccccc1O)C1=C[C@H](c2cccc3c2Cc2ccccc2-3)C[C@H](OCc2ccc(CO)cc2)O1. The minimum atomic E-state index is -0.651. The number of aliphatic hydroxyl groups is 1. The van der Waals surface area contributed by atoms with E-state index < -0.39 is 12.2 Å². The van der Waals surface area contributed by atoms with E-state index in [1.54, 1.807) is 18.2 Å². The number of aliphatic hydroxyl groups excluding tert-OH is 1. The maximum atomic E-state index is 13.3. The molecule has 1 aliphatic heterocycles. The number of ether oxygens (including phenoxy) is 2. The van der Waals surface area contributed by atoms with Crippen molar-refractivity contribution in [3.63, 3.8) is 0 Å². The number of hydrogen-bond donors (Lipinski definition) is 3. The van der Waals surface area contributed by atoms with Crippen LogP contribution in [0, 0.1) is 0 Å². The Labute approximate surface area is 227 Å². The lowest BCUT2D eigenvalue weighted by atomic mass is 9.87. The zero-order chi connectivity index (χ0) is 26.8. The molecule has 1 amide bonds. The summed E-state index contributed by atoms with van der Waals surface area (Å²) < 4.78 is 12.2. The molecule has 0 spiro atoms. The molecule has 39 heavy (non-hydrogen) atoms. The second-order valence-electron chi connectivity index (χ2n) is 9.88. The van der Waals surface area contributed by atoms with Gasteiger partial charge in [-0.25, -0.2) is 0 Å². The number of hydrogen-bond acceptors (Lipinski definition) is 5. The van der Waals surface area contributed by atoms with Gasteiger partial charge in [0.25, 0.3) is 5.91 Å². The number of para-hydroxylation sites is 2. The molecular weight excluding hydrogens is 490 g/mol. The topological polar surface area (TPSA) is 88.0 Å². The minimum Gasteiger partial charge on any atom is -0.506 e. The summed E-state index contributed by atoms with van der Waals surface area (Å²) in [4.78, 5) is 13.3. The molecule has 4 aromatic rings. The number of carbonyl (C=O) groups excluding carboxylic acids is 1. The number of anilines is 1. The highest BCUT2D eigenvalue weighted by Crippen LogP contribution is 2.43. The minimum absolute atomic E-state index is 0.0138. The quantitative estimate of drug-likeness (QED) is 0.229. The number of fused-ring (bicyclic) bond motifs is 3. The van der Waals surface area contributed by atoms with E-state index in [4.69, 9.17) is 9.47 Å². The van der Waals surface area contributed by atoms with Crippen molar-refractivity contribution < 1.29 is 24.5 Å². The van der Waals surface area contributed by atoms with E-state index >= 15 is 0 Å². The van der Waals surface area contributed by atoms with Crippen LogP contribution in [0.4, 0.5) is 5.69 Å². The molecule has 3 N–H and O–H groups in total. The predicted molar refractivity (Wildman–Crippen MR) is 149 cm³/mol. The summed E-state index contributed by atoms with van der Waals surface area (Å²) in [5.74, 6) is -0.410. The van der Waals surface area contributed by atoms with Gasteiger partial charge in [-0.1, -0.05) is 78.9 Å². The number of carbonyl (C=O) groups is 1. The first-order valence-corrected chi connectivity index (χ1v) is 13.1. The van der Waals surface area contributed by atoms with E-state index in [1.807, 2.05) is 30.3 Å². The van der Waals surface area contributed by atoms with E-state index in [0.29, 0.717) is 18.7 Å². The number of allylic oxidation sites excluding steroid dienone is 1. The number of amides is 1. The van der Waals surface area contributed by atoms with Crippen LogP contribution < -0.4 is 5.32 Å². The summed E-state index contributed by atoms with van der Waals surface area (Å²) in [5, 5.41) is 22.2. The Morgan fingerprint density at radius 2 is 1.64 bits per heavy atom. The van der Waals surface area contributed by atoms with Crippen LogP contribution in [-0.4, -0.2) is 22.4 Å². The van der Waals surface area contributed by atoms with E-state index in [-0.39, 0.29) is 24.0 Å². The molecule has 1 aliphatic carbocycles. The number of benzene rings is 4. The molecule has 0 saturated heterocycles. The zero-order valence-corrected chi connectivity index (χ0v) is 21.3. The van der Waals surface area contributed by atoms with Crippen molar-refractivity contribution in [2.75, 3.05) is 5.32 Å². The number of rotatable bonds is 7. The van der Waals surface area contributed by atoms with Gasteiger partial charge >= 0.3 is 0 Å². The number of nitrogens with one attached hydrogen (secondary N) is 1. The fourth-order valence-corrected chi connectivity index (χ4v) is 5.36. The summed E-state index contributed by atoms with van der Waals surface area (Å²) in [6, 6.07) is 28.9. The molecule has 6 nitrogen and oxygen atoms in total. The normalized spacial score (nSPS) is 17.5. The van der Waals surface area contributed by atoms with Gasteiger partial charge in [0.2, 0.25) is 6.29 Å². The summed E-state index contributed by atoms with van der Waals surface area (Å²) in [5.41, 5.74) is 8.28. The smallest absolute Gasteiger partial charge is 0.290 e. The molecule has 0 radical (unpaired) electrons. The Morgan fingerprint density at radius 1 is 0.897 bits per heavy atom. The van der Waals surface area contributed by atoms with E-state index in [0.717, 1.165) is 23.1 Å². The van der Waals surface area contributed by atoms with Crippen molar-refractivity contribution in [2.45, 2.75) is 38.3 Å². The van der Waals surface area contributed by atoms with Crippen molar-refractivity contribution in [1.82, 2.24) is 0 Å². The van der Waals surface area contributed by atoms with E-state index in [2.05, 4.69) is 47.8 Å². The first-order valence-electron chi connectivity index (χ1n) is 13.1. The summed E-state index contributed by atoms with van der Waals surface area (Å²) in [7, 11) is 0. The van der Waals surface area contributed by atoms with Gasteiger partial charge in [0.15, 0.2) is 5.76 Å². The average molecular weight is 520 g/mol. The van der Waals surface area contributed by atoms with Crippen molar-refractivity contribution in [1.29, 1.82) is 0 Å². The maximum absolute atomic E-state index is 13.3. The molecule has 2 aliphatic rings. The number of aromatic hydroxyl groups is 1. The molecule has 0 bridgehead atoms. The van der Waals surface area contributed by atoms with Gasteiger partial charge in [-0.15, -0.1) is 0 Å². The monoisotopic (exact) mass is 519 g/mol. The van der Waals surface area contributed by atoms with Crippen LogP contribution in [0.15, 0.2) is 103 Å². The standard InChI is InChI=1S/C33H29NO5/c35-19-21-12-14-22(15-13-21)20-38-32-18-24(17-31(39-32)33(37)34-29-10-3-4-11-30(29)36)26-8-5-9-27-25-7-2-1-6-23(25)16-28(26)27/h1-15,17,24,32,35-36H,16,18-20H2,(H,34,37)/t24-,32+/m0/s1. The fourth-order valence-electron chi connectivity index (χ4n) is 5.36. The molecule has 0 aromatic heterocycles. The van der Waals surface area contributed by atoms with Crippen LogP contribution >= 0.6 is 0 Å². The molecule has 6 heteroatoms. The lowest BCUT2D eigenvalue weighted by molar-refractivity contribution is -0.147. The molecule has 1 heterocycles. The maximum Gasteiger partial charge on any atom is 0.290 e. The summed E-state index contributed by atoms with van der Waals surface area (Å²) in [6.45, 7) is 0.288. The van der Waals surface area contributed by atoms with Gasteiger partial charge in [0.05, 0.1) is 18.9 Å². The Hall–Kier alpha value is -4.39. The molecule has 6 rings (SSSR count). The molecule has 196 valence electrons. The van der Waals surface area contributed by atoms with Crippen molar-refractivity contribution in [2.24, 2.45) is 0 Å². The van der Waals surface area contributed by atoms with Crippen LogP contribution in [0.3, 0.4) is 0 Å². The lowest BCUT2D eigenvalue weighted by Crippen LogP contribution is -2.29. The van der Waals surface area contributed by atoms with Crippen LogP contribution in [0.25, 0.3) is 11.1 Å². The van der Waals surface area contributed by atoms with Crippen LogP contribution in [0.2, 0.25) is 0 Å². The van der Waals surface area contributed by atoms with Gasteiger partial charge < -0.3 is 25.0 Å². The van der Waals surface area contributed by atoms with Crippen molar-refractivity contribution >= 4 is 11.6 Å². The fraction of sp³-hybridized carbons (Fsp3) is 0.182. The Bertz CT molecular complexity index is 1540. The molecule has 0 saturated carbocycles. The van der Waals surface area contributed by atoms with Crippen LogP contribution in [-0.2, 0) is 33.9 Å². The first kappa shape index (κ1) is 24.9. The van der Waals surface area contributed by atoms with Gasteiger partial charge in [0, 0.05) is 12.3 Å². The molecule has 0 fully saturated rings. The summed E-state index contributed by atoms with van der Waals surface area (Å²) >= 11 is 0. The Morgan fingerprint density at radius 3 is 2.46 bits per heavy atom.